The second-order valence-electron chi connectivity index (χ2n) is 17.6. The molecule has 10 aromatic heterocycles. The summed E-state index contributed by atoms with van der Waals surface area (Å²) in [5.41, 5.74) is 12.7. The third kappa shape index (κ3) is 4.47. The van der Waals surface area contributed by atoms with E-state index in [2.05, 4.69) is 121 Å². The highest BCUT2D eigenvalue weighted by atomic mass is 16.4. The van der Waals surface area contributed by atoms with Crippen molar-refractivity contribution in [3.05, 3.63) is 240 Å². The van der Waals surface area contributed by atoms with E-state index in [9.17, 15) is 0 Å². The molecule has 12 heterocycles. The Labute approximate surface area is 395 Å². The average Bonchev–Trinajstić information content (AvgIpc) is 4.28. The summed E-state index contributed by atoms with van der Waals surface area (Å²) in [6.07, 6.45) is 17.7. The highest BCUT2D eigenvalue weighted by molar-refractivity contribution is 5.97. The minimum atomic E-state index is -0.650. The van der Waals surface area contributed by atoms with Crippen molar-refractivity contribution >= 4 is 56.1 Å². The van der Waals surface area contributed by atoms with Crippen molar-refractivity contribution in [2.45, 2.75) is 10.8 Å². The Kier molecular flexibility index (Phi) is 7.15. The summed E-state index contributed by atoms with van der Waals surface area (Å²) in [7, 11) is 0. The van der Waals surface area contributed by atoms with E-state index < -0.39 is 10.8 Å². The van der Waals surface area contributed by atoms with Crippen LogP contribution >= 0.6 is 0 Å². The van der Waals surface area contributed by atoms with Crippen molar-refractivity contribution in [1.29, 1.82) is 0 Å². The van der Waals surface area contributed by atoms with Crippen LogP contribution < -0.4 is 10.0 Å². The molecular formula is C56H32N10O4. The molecular weight excluding hydrogens is 877 g/mol. The lowest BCUT2D eigenvalue weighted by molar-refractivity contribution is 0.525. The molecule has 2 aliphatic carbocycles. The van der Waals surface area contributed by atoms with Crippen LogP contribution in [0.4, 0.5) is 23.0 Å². The fourth-order valence-corrected chi connectivity index (χ4v) is 11.9. The van der Waals surface area contributed by atoms with Gasteiger partial charge in [-0.25, -0.2) is 49.3 Å². The number of furan rings is 4. The number of rotatable bonds is 2. The first kappa shape index (κ1) is 37.3. The number of para-hydroxylation sites is 1. The summed E-state index contributed by atoms with van der Waals surface area (Å²) in [5, 5.41) is 6.61. The number of imidazole rings is 2. The van der Waals surface area contributed by atoms with Crippen molar-refractivity contribution in [3.63, 3.8) is 0 Å². The molecule has 2 aliphatic heterocycles. The van der Waals surface area contributed by atoms with Gasteiger partial charge in [0.15, 0.2) is 46.0 Å². The Morgan fingerprint density at radius 1 is 0.343 bits per heavy atom. The molecule has 17 rings (SSSR count). The predicted molar refractivity (Wildman–Crippen MR) is 260 cm³/mol. The molecule has 0 saturated carbocycles. The molecule has 2 spiro atoms. The number of anilines is 4. The van der Waals surface area contributed by atoms with Gasteiger partial charge in [0.1, 0.15) is 23.7 Å². The number of hydrogen-bond acceptors (Lipinski definition) is 12. The molecule has 14 nitrogen and oxygen atoms in total. The number of hydrogen-bond donors (Lipinski definition) is 0. The number of aromatic nitrogens is 8. The topological polar surface area (TPSA) is 146 Å². The summed E-state index contributed by atoms with van der Waals surface area (Å²) < 4.78 is 27.9. The zero-order chi connectivity index (χ0) is 45.7. The quantitative estimate of drug-likeness (QED) is 0.163. The van der Waals surface area contributed by atoms with E-state index >= 15 is 0 Å². The SMILES string of the molecule is c1ccc2c(c1)N(n1cnc3ncccc31)c1cc3ccccc3cc1C21c2ccoc2-c2occc21.c1cnc2c(c1)C1(c3cccnc3N2n2cnc3ncccc32)c2ccoc2-c2occc21. The highest BCUT2D eigenvalue weighted by Gasteiger charge is 2.57. The molecule has 13 aromatic rings. The predicted octanol–water partition coefficient (Wildman–Crippen LogP) is 11.7. The molecule has 3 aromatic carbocycles. The lowest BCUT2D eigenvalue weighted by Gasteiger charge is -2.44. The summed E-state index contributed by atoms with van der Waals surface area (Å²) in [6, 6.07) is 46.0. The van der Waals surface area contributed by atoms with E-state index in [0.29, 0.717) is 11.3 Å². The molecule has 0 amide bonds. The second-order valence-corrected chi connectivity index (χ2v) is 17.6. The van der Waals surface area contributed by atoms with Gasteiger partial charge in [0.05, 0.1) is 47.3 Å². The van der Waals surface area contributed by atoms with E-state index in [1.165, 1.54) is 16.3 Å². The summed E-state index contributed by atoms with van der Waals surface area (Å²) in [4.78, 5) is 27.7. The van der Waals surface area contributed by atoms with Crippen molar-refractivity contribution in [2.24, 2.45) is 0 Å². The third-order valence-electron chi connectivity index (χ3n) is 14.5. The zero-order valence-corrected chi connectivity index (χ0v) is 36.6. The molecule has 0 bridgehead atoms. The summed E-state index contributed by atoms with van der Waals surface area (Å²) >= 11 is 0. The molecule has 0 N–H and O–H groups in total. The van der Waals surface area contributed by atoms with Gasteiger partial charge in [0.25, 0.3) is 0 Å². The van der Waals surface area contributed by atoms with Crippen LogP contribution in [0.15, 0.2) is 214 Å². The van der Waals surface area contributed by atoms with Crippen LogP contribution in [0.3, 0.4) is 0 Å². The lowest BCUT2D eigenvalue weighted by Crippen LogP contribution is -2.40. The van der Waals surface area contributed by atoms with E-state index in [1.807, 2.05) is 58.5 Å². The van der Waals surface area contributed by atoms with Crippen LogP contribution in [0.1, 0.15) is 44.5 Å². The standard InChI is InChI=1S/C31H18N4O2.C25H14N6O2/c1-2-7-20-17-27-24(16-19(20)6-1)31(22-11-14-36-28(22)29-23(31)12-15-37-29)21-8-3-4-9-25(21)35(27)34-18-33-30-26(34)10-5-13-32-30;1-4-17-23(27-10-1)31(30-14-29-22-19(30)6-3-9-26-22)24-18(5-2-11-28-24)25(17)15-7-12-32-20(15)21-16(25)8-13-33-21/h1-18H;1-14H. The monoisotopic (exact) mass is 908 g/mol. The van der Waals surface area contributed by atoms with Crippen LogP contribution in [-0.4, -0.2) is 39.3 Å². The van der Waals surface area contributed by atoms with E-state index in [-0.39, 0.29) is 0 Å². The first-order chi connectivity index (χ1) is 34.7. The van der Waals surface area contributed by atoms with Gasteiger partial charge >= 0.3 is 0 Å². The normalized spacial score (nSPS) is 14.7. The maximum atomic E-state index is 6.03. The van der Waals surface area contributed by atoms with Gasteiger partial charge in [-0.15, -0.1) is 0 Å². The maximum Gasteiger partial charge on any atom is 0.179 e. The van der Waals surface area contributed by atoms with Gasteiger partial charge in [0.2, 0.25) is 0 Å². The lowest BCUT2D eigenvalue weighted by atomic mass is 9.65. The Hall–Kier alpha value is -9.82. The van der Waals surface area contributed by atoms with Crippen molar-refractivity contribution in [3.8, 4) is 23.0 Å². The van der Waals surface area contributed by atoms with Crippen LogP contribution in [0, 0.1) is 0 Å². The summed E-state index contributed by atoms with van der Waals surface area (Å²) in [6.45, 7) is 0. The molecule has 0 saturated heterocycles. The van der Waals surface area contributed by atoms with Crippen molar-refractivity contribution in [2.75, 3.05) is 10.0 Å². The minimum absolute atomic E-state index is 0.578. The molecule has 0 atom stereocenters. The molecule has 14 heteroatoms. The van der Waals surface area contributed by atoms with Crippen LogP contribution in [0.25, 0.3) is 56.1 Å². The Bertz CT molecular complexity index is 4150. The van der Waals surface area contributed by atoms with Gasteiger partial charge in [0, 0.05) is 58.2 Å². The largest absolute Gasteiger partial charge is 0.461 e. The average molecular weight is 909 g/mol. The van der Waals surface area contributed by atoms with Crippen LogP contribution in [0.2, 0.25) is 0 Å². The van der Waals surface area contributed by atoms with E-state index in [4.69, 9.17) is 27.6 Å². The second kappa shape index (κ2) is 13.4. The number of pyridine rings is 4. The number of benzene rings is 3. The third-order valence-corrected chi connectivity index (χ3v) is 14.5. The fourth-order valence-electron chi connectivity index (χ4n) is 11.9. The molecule has 0 unspecified atom stereocenters. The van der Waals surface area contributed by atoms with Gasteiger partial charge < -0.3 is 17.7 Å². The van der Waals surface area contributed by atoms with Gasteiger partial charge in [-0.05, 0) is 101 Å². The molecule has 70 heavy (non-hydrogen) atoms. The van der Waals surface area contributed by atoms with E-state index in [1.54, 1.807) is 56.2 Å². The van der Waals surface area contributed by atoms with Crippen LogP contribution in [-0.2, 0) is 10.8 Å². The van der Waals surface area contributed by atoms with Gasteiger partial charge in [-0.2, -0.15) is 0 Å². The summed E-state index contributed by atoms with van der Waals surface area (Å²) in [5.74, 6) is 4.58. The first-order valence-electron chi connectivity index (χ1n) is 22.8. The fraction of sp³-hybridized carbons (Fsp3) is 0.0357. The zero-order valence-electron chi connectivity index (χ0n) is 36.6. The highest BCUT2D eigenvalue weighted by Crippen LogP contribution is 2.64. The number of nitrogens with zero attached hydrogens (tertiary/aromatic N) is 10. The minimum Gasteiger partial charge on any atom is -0.461 e. The molecule has 330 valence electrons. The van der Waals surface area contributed by atoms with Crippen molar-refractivity contribution in [1.82, 2.24) is 39.3 Å². The Morgan fingerprint density at radius 3 is 1.34 bits per heavy atom. The smallest absolute Gasteiger partial charge is 0.179 e. The maximum absolute atomic E-state index is 6.03. The molecule has 4 aliphatic rings. The van der Waals surface area contributed by atoms with Crippen LogP contribution in [0.5, 0.6) is 0 Å². The van der Waals surface area contributed by atoms with Gasteiger partial charge in [-0.3, -0.25) is 0 Å². The first-order valence-corrected chi connectivity index (χ1v) is 22.8. The molecule has 0 radical (unpaired) electrons. The Morgan fingerprint density at radius 2 is 0.786 bits per heavy atom. The van der Waals surface area contributed by atoms with Crippen molar-refractivity contribution < 1.29 is 17.7 Å². The van der Waals surface area contributed by atoms with Gasteiger partial charge in [-0.1, -0.05) is 54.6 Å². The Balaban J connectivity index is 0.000000122. The molecule has 0 fully saturated rings. The number of fused-ring (bicyclic) bond motifs is 21. The van der Waals surface area contributed by atoms with E-state index in [0.717, 1.165) is 96.0 Å².